The number of nitrogens with one attached hydrogen (secondary N) is 1. The van der Waals surface area contributed by atoms with Crippen molar-refractivity contribution in [3.63, 3.8) is 0 Å². The van der Waals surface area contributed by atoms with Crippen molar-refractivity contribution in [3.05, 3.63) is 29.4 Å². The van der Waals surface area contributed by atoms with Gasteiger partial charge in [-0.05, 0) is 31.7 Å². The molecule has 2 aromatic heterocycles. The summed E-state index contributed by atoms with van der Waals surface area (Å²) in [5.41, 5.74) is -2.49. The summed E-state index contributed by atoms with van der Waals surface area (Å²) in [6.07, 6.45) is -8.35. The molecule has 1 aliphatic heterocycles. The van der Waals surface area contributed by atoms with Crippen LogP contribution in [0.4, 0.5) is 30.7 Å². The summed E-state index contributed by atoms with van der Waals surface area (Å²) >= 11 is 0. The first kappa shape index (κ1) is 24.4. The maximum atomic E-state index is 14.9. The number of fused-ring (bicyclic) bond motifs is 1. The van der Waals surface area contributed by atoms with E-state index >= 15 is 0 Å². The van der Waals surface area contributed by atoms with Crippen molar-refractivity contribution in [2.75, 3.05) is 0 Å². The number of alkyl halides is 7. The summed E-state index contributed by atoms with van der Waals surface area (Å²) in [4.78, 5) is 30.8. The average molecular weight is 521 g/mol. The quantitative estimate of drug-likeness (QED) is 0.597. The highest BCUT2D eigenvalue weighted by Crippen LogP contribution is 2.58. The lowest BCUT2D eigenvalue weighted by Gasteiger charge is -2.43. The van der Waals surface area contributed by atoms with Crippen LogP contribution in [-0.4, -0.2) is 56.1 Å². The minimum atomic E-state index is -4.88. The number of rotatable bonds is 5. The fourth-order valence-electron chi connectivity index (χ4n) is 4.75. The van der Waals surface area contributed by atoms with Crippen LogP contribution >= 0.6 is 0 Å². The Morgan fingerprint density at radius 3 is 2.53 bits per heavy atom. The van der Waals surface area contributed by atoms with E-state index in [1.54, 1.807) is 0 Å². The predicted octanol–water partition coefficient (Wildman–Crippen LogP) is 4.04. The zero-order valence-corrected chi connectivity index (χ0v) is 18.3. The standard InChI is InChI=1S/C21H18F7N5O3/c22-14(23)16-32-31-15(36-16)9-6-10-11(29-7-9)8-33(17(10)34)12-2-1-3-20(24,25)13(12)30-18(35)19(4-5-19)21(26,27)28/h6-7,12-14H,1-5,8H2,(H,30,35)/t12?,13-/m0/s1. The predicted molar refractivity (Wildman–Crippen MR) is 105 cm³/mol. The van der Waals surface area contributed by atoms with Gasteiger partial charge in [0, 0.05) is 12.6 Å². The van der Waals surface area contributed by atoms with Crippen LogP contribution in [0.15, 0.2) is 16.7 Å². The Morgan fingerprint density at radius 1 is 1.19 bits per heavy atom. The molecule has 0 aromatic carbocycles. The number of carbonyl (C=O) groups excluding carboxylic acids is 2. The summed E-state index contributed by atoms with van der Waals surface area (Å²) in [5.74, 6) is -7.09. The van der Waals surface area contributed by atoms with E-state index in [9.17, 15) is 40.3 Å². The molecule has 1 unspecified atom stereocenters. The minimum Gasteiger partial charge on any atom is -0.415 e. The summed E-state index contributed by atoms with van der Waals surface area (Å²) in [5, 5.41) is 8.59. The van der Waals surface area contributed by atoms with Gasteiger partial charge in [-0.15, -0.1) is 10.2 Å². The Hall–Kier alpha value is -3.26. The summed E-state index contributed by atoms with van der Waals surface area (Å²) in [7, 11) is 0. The van der Waals surface area contributed by atoms with Crippen LogP contribution in [0.3, 0.4) is 0 Å². The van der Waals surface area contributed by atoms with Gasteiger partial charge in [-0.1, -0.05) is 0 Å². The Bertz CT molecular complexity index is 1210. The van der Waals surface area contributed by atoms with Crippen LogP contribution in [0.2, 0.25) is 0 Å². The van der Waals surface area contributed by atoms with Crippen LogP contribution in [0.5, 0.6) is 0 Å². The van der Waals surface area contributed by atoms with Gasteiger partial charge in [0.1, 0.15) is 11.5 Å². The van der Waals surface area contributed by atoms with Gasteiger partial charge in [0.2, 0.25) is 11.8 Å². The lowest BCUT2D eigenvalue weighted by Crippen LogP contribution is -2.63. The van der Waals surface area contributed by atoms with E-state index in [-0.39, 0.29) is 42.1 Å². The van der Waals surface area contributed by atoms with Gasteiger partial charge in [-0.3, -0.25) is 14.6 Å². The van der Waals surface area contributed by atoms with Crippen molar-refractivity contribution in [2.24, 2.45) is 5.41 Å². The van der Waals surface area contributed by atoms with Crippen molar-refractivity contribution in [1.82, 2.24) is 25.4 Å². The average Bonchev–Trinajstić information content (AvgIpc) is 3.38. The highest BCUT2D eigenvalue weighted by molar-refractivity contribution is 5.99. The number of aromatic nitrogens is 3. The lowest BCUT2D eigenvalue weighted by molar-refractivity contribution is -0.195. The van der Waals surface area contributed by atoms with Crippen LogP contribution in [0.1, 0.15) is 60.5 Å². The third kappa shape index (κ3) is 3.88. The fourth-order valence-corrected chi connectivity index (χ4v) is 4.75. The van der Waals surface area contributed by atoms with Gasteiger partial charge in [0.15, 0.2) is 0 Å². The molecule has 2 atom stereocenters. The van der Waals surface area contributed by atoms with Gasteiger partial charge in [-0.25, -0.2) is 8.78 Å². The Kier molecular flexibility index (Phi) is 5.52. The highest BCUT2D eigenvalue weighted by Gasteiger charge is 2.69. The summed E-state index contributed by atoms with van der Waals surface area (Å²) in [6.45, 7) is -0.224. The third-order valence-corrected chi connectivity index (χ3v) is 6.92. The van der Waals surface area contributed by atoms with E-state index in [0.29, 0.717) is 0 Å². The van der Waals surface area contributed by atoms with Gasteiger partial charge in [0.25, 0.3) is 17.7 Å². The molecule has 36 heavy (non-hydrogen) atoms. The van der Waals surface area contributed by atoms with Crippen LogP contribution < -0.4 is 5.32 Å². The topological polar surface area (TPSA) is 101 Å². The van der Waals surface area contributed by atoms with E-state index in [1.807, 2.05) is 5.32 Å². The molecule has 0 bridgehead atoms. The van der Waals surface area contributed by atoms with Crippen molar-refractivity contribution >= 4 is 11.8 Å². The molecule has 2 aliphatic carbocycles. The molecule has 194 valence electrons. The molecule has 5 rings (SSSR count). The molecule has 2 saturated carbocycles. The first-order valence-corrected chi connectivity index (χ1v) is 11.0. The van der Waals surface area contributed by atoms with Gasteiger partial charge < -0.3 is 14.6 Å². The third-order valence-electron chi connectivity index (χ3n) is 6.92. The first-order chi connectivity index (χ1) is 16.8. The van der Waals surface area contributed by atoms with Gasteiger partial charge >= 0.3 is 12.6 Å². The van der Waals surface area contributed by atoms with Crippen molar-refractivity contribution in [3.8, 4) is 11.5 Å². The molecule has 3 heterocycles. The summed E-state index contributed by atoms with van der Waals surface area (Å²) < 4.78 is 100. The molecule has 0 spiro atoms. The highest BCUT2D eigenvalue weighted by atomic mass is 19.4. The normalized spacial score (nSPS) is 24.7. The van der Waals surface area contributed by atoms with Crippen LogP contribution in [-0.2, 0) is 11.3 Å². The molecule has 1 N–H and O–H groups in total. The minimum absolute atomic E-state index is 0.0214. The lowest BCUT2D eigenvalue weighted by atomic mass is 9.85. The smallest absolute Gasteiger partial charge is 0.403 e. The maximum Gasteiger partial charge on any atom is 0.403 e. The van der Waals surface area contributed by atoms with Gasteiger partial charge in [0.05, 0.1) is 29.4 Å². The number of amides is 2. The molecule has 2 fully saturated rings. The number of nitrogens with zero attached hydrogens (tertiary/aromatic N) is 4. The molecule has 15 heteroatoms. The first-order valence-electron chi connectivity index (χ1n) is 11.0. The van der Waals surface area contributed by atoms with Crippen molar-refractivity contribution in [2.45, 2.75) is 69.3 Å². The van der Waals surface area contributed by atoms with E-state index in [2.05, 4.69) is 15.2 Å². The Labute approximate surface area is 198 Å². The van der Waals surface area contributed by atoms with E-state index in [1.165, 1.54) is 12.3 Å². The van der Waals surface area contributed by atoms with E-state index in [4.69, 9.17) is 4.42 Å². The zero-order valence-electron chi connectivity index (χ0n) is 18.3. The number of halogens is 7. The van der Waals surface area contributed by atoms with Crippen molar-refractivity contribution < 1.29 is 44.7 Å². The Balaban J connectivity index is 1.40. The summed E-state index contributed by atoms with van der Waals surface area (Å²) in [6, 6.07) is -2.08. The molecule has 3 aliphatic rings. The number of carbonyl (C=O) groups is 2. The van der Waals surface area contributed by atoms with E-state index < -0.39 is 73.0 Å². The number of hydrogen-bond acceptors (Lipinski definition) is 6. The SMILES string of the molecule is O=C1c2cc(-c3nnc(C(F)F)o3)cnc2CN1C1CCCC(F)(F)[C@H]1NC(=O)C1(C(F)(F)F)CC1. The monoisotopic (exact) mass is 521 g/mol. The zero-order chi connectivity index (χ0) is 26.0. The van der Waals surface area contributed by atoms with Gasteiger partial charge in [-0.2, -0.15) is 22.0 Å². The number of pyridine rings is 1. The second kappa shape index (κ2) is 8.13. The van der Waals surface area contributed by atoms with Crippen LogP contribution in [0, 0.1) is 5.41 Å². The molecule has 2 amide bonds. The molecule has 8 nitrogen and oxygen atoms in total. The second-order valence-corrected chi connectivity index (χ2v) is 9.15. The molecule has 0 radical (unpaired) electrons. The molecule has 0 saturated heterocycles. The van der Waals surface area contributed by atoms with Crippen LogP contribution in [0.25, 0.3) is 11.5 Å². The molecular weight excluding hydrogens is 503 g/mol. The Morgan fingerprint density at radius 2 is 1.92 bits per heavy atom. The molecule has 2 aromatic rings. The molecular formula is C21H18F7N5O3. The largest absolute Gasteiger partial charge is 0.415 e. The van der Waals surface area contributed by atoms with E-state index in [0.717, 1.165) is 4.90 Å². The maximum absolute atomic E-state index is 14.9. The fraction of sp³-hybridized carbons (Fsp3) is 0.571. The second-order valence-electron chi connectivity index (χ2n) is 9.15. The number of hydrogen-bond donors (Lipinski definition) is 1. The van der Waals surface area contributed by atoms with Crippen molar-refractivity contribution in [1.29, 1.82) is 0 Å².